The van der Waals surface area contributed by atoms with Crippen molar-refractivity contribution in [3.8, 4) is 0 Å². The van der Waals surface area contributed by atoms with Gasteiger partial charge in [0.1, 0.15) is 5.60 Å². The Balaban J connectivity index is 1.32. The summed E-state index contributed by atoms with van der Waals surface area (Å²) in [6.07, 6.45) is 5.85. The third kappa shape index (κ3) is 7.02. The van der Waals surface area contributed by atoms with Gasteiger partial charge < -0.3 is 33.9 Å². The maximum absolute atomic E-state index is 11.6. The van der Waals surface area contributed by atoms with Crippen LogP contribution in [0.3, 0.4) is 0 Å². The van der Waals surface area contributed by atoms with E-state index in [1.54, 1.807) is 0 Å². The minimum absolute atomic E-state index is 0.0115. The van der Waals surface area contributed by atoms with E-state index in [4.69, 9.17) is 23.7 Å². The van der Waals surface area contributed by atoms with Crippen molar-refractivity contribution < 1.29 is 38.7 Å². The zero-order valence-electron chi connectivity index (χ0n) is 26.8. The first-order valence-electron chi connectivity index (χ1n) is 15.7. The fourth-order valence-electron chi connectivity index (χ4n) is 7.70. The highest BCUT2D eigenvalue weighted by Gasteiger charge is 2.55. The molecular weight excluding hydrogens is 592 g/mol. The molecule has 2 unspecified atom stereocenters. The SMILES string of the molecule is CC(=O)OC(C)(C)C1CC[C@](C)([C@H](O)CC[C@](C)(O)C2CC[C@@H]3O[C@H]([C@@]4(C)CC[C@H](Br)C(C)(C)O4)CC[C@@]3(C)O2)O1. The van der Waals surface area contributed by atoms with Gasteiger partial charge >= 0.3 is 5.97 Å². The average Bonchev–Trinajstić information content (AvgIpc) is 3.27. The lowest BCUT2D eigenvalue weighted by Gasteiger charge is -2.56. The van der Waals surface area contributed by atoms with Crippen molar-refractivity contribution in [3.05, 3.63) is 0 Å². The summed E-state index contributed by atoms with van der Waals surface area (Å²) in [6, 6.07) is 0. The summed E-state index contributed by atoms with van der Waals surface area (Å²) in [5, 5.41) is 22.8. The molecule has 4 fully saturated rings. The van der Waals surface area contributed by atoms with Crippen LogP contribution >= 0.6 is 15.9 Å². The molecule has 0 aromatic carbocycles. The molecule has 4 rings (SSSR count). The van der Waals surface area contributed by atoms with Crippen LogP contribution in [0.15, 0.2) is 0 Å². The van der Waals surface area contributed by atoms with E-state index in [0.717, 1.165) is 32.1 Å². The predicted molar refractivity (Wildman–Crippen MR) is 160 cm³/mol. The summed E-state index contributed by atoms with van der Waals surface area (Å²) in [7, 11) is 0. The molecule has 0 aliphatic carbocycles. The third-order valence-electron chi connectivity index (χ3n) is 10.7. The third-order valence-corrected chi connectivity index (χ3v) is 12.2. The number of aliphatic hydroxyl groups is 2. The van der Waals surface area contributed by atoms with Crippen LogP contribution in [0.2, 0.25) is 0 Å². The number of carbonyl (C=O) groups is 1. The minimum atomic E-state index is -1.11. The van der Waals surface area contributed by atoms with E-state index in [1.807, 2.05) is 27.7 Å². The molecule has 4 saturated heterocycles. The number of carbonyl (C=O) groups excluding carboxylic acids is 1. The van der Waals surface area contributed by atoms with Crippen molar-refractivity contribution in [1.82, 2.24) is 0 Å². The Morgan fingerprint density at radius 1 is 0.927 bits per heavy atom. The Hall–Kier alpha value is -0.290. The van der Waals surface area contributed by atoms with Gasteiger partial charge in [-0.2, -0.15) is 0 Å². The van der Waals surface area contributed by atoms with Crippen LogP contribution in [0.1, 0.15) is 127 Å². The Morgan fingerprint density at radius 2 is 1.56 bits per heavy atom. The van der Waals surface area contributed by atoms with Crippen molar-refractivity contribution in [2.24, 2.45) is 0 Å². The summed E-state index contributed by atoms with van der Waals surface area (Å²) in [4.78, 5) is 11.9. The predicted octanol–water partition coefficient (Wildman–Crippen LogP) is 5.75. The fraction of sp³-hybridized carbons (Fsp3) is 0.969. The Bertz CT molecular complexity index is 954. The molecule has 9 heteroatoms. The number of hydrogen-bond acceptors (Lipinski definition) is 8. The average molecular weight is 648 g/mol. The topological polar surface area (TPSA) is 104 Å². The van der Waals surface area contributed by atoms with E-state index in [1.165, 1.54) is 6.92 Å². The quantitative estimate of drug-likeness (QED) is 0.254. The zero-order chi connectivity index (χ0) is 30.6. The number of fused-ring (bicyclic) bond motifs is 1. The number of aliphatic hydroxyl groups excluding tert-OH is 1. The number of rotatable bonds is 8. The van der Waals surface area contributed by atoms with Crippen molar-refractivity contribution in [2.75, 3.05) is 0 Å². The van der Waals surface area contributed by atoms with Gasteiger partial charge in [0.2, 0.25) is 0 Å². The second-order valence-corrected chi connectivity index (χ2v) is 16.3. The fourth-order valence-corrected chi connectivity index (χ4v) is 8.02. The molecule has 4 aliphatic rings. The Labute approximate surface area is 255 Å². The zero-order valence-corrected chi connectivity index (χ0v) is 28.3. The van der Waals surface area contributed by atoms with Crippen LogP contribution in [-0.4, -0.2) is 85.1 Å². The first-order chi connectivity index (χ1) is 18.7. The maximum atomic E-state index is 11.6. The van der Waals surface area contributed by atoms with E-state index in [9.17, 15) is 15.0 Å². The van der Waals surface area contributed by atoms with Crippen molar-refractivity contribution >= 4 is 21.9 Å². The molecule has 0 saturated carbocycles. The molecule has 4 heterocycles. The summed E-state index contributed by atoms with van der Waals surface area (Å²) in [6.45, 7) is 17.4. The van der Waals surface area contributed by atoms with Crippen LogP contribution < -0.4 is 0 Å². The van der Waals surface area contributed by atoms with Gasteiger partial charge in [0.25, 0.3) is 0 Å². The van der Waals surface area contributed by atoms with E-state index in [-0.39, 0.29) is 41.6 Å². The largest absolute Gasteiger partial charge is 0.457 e. The molecule has 0 radical (unpaired) electrons. The first kappa shape index (κ1) is 33.6. The second-order valence-electron chi connectivity index (χ2n) is 15.2. The van der Waals surface area contributed by atoms with E-state index < -0.39 is 28.5 Å². The molecule has 10 atom stereocenters. The Morgan fingerprint density at radius 3 is 2.20 bits per heavy atom. The van der Waals surface area contributed by atoms with Crippen LogP contribution in [0.25, 0.3) is 0 Å². The van der Waals surface area contributed by atoms with Gasteiger partial charge in [-0.15, -0.1) is 0 Å². The second kappa shape index (κ2) is 11.6. The number of hydrogen-bond donors (Lipinski definition) is 2. The standard InChI is InChI=1S/C32H55BrO8/c1-20(34)38-28(4,5)23-14-18-30(7,39-23)22(35)13-16-29(6,36)24-10-11-25-31(8,40-24)19-15-26(37-25)32(9)17-12-21(33)27(2,3)41-32/h21-26,35-36H,10-19H2,1-9H3/t21-,22+,23?,24?,25-,26-,29-,30+,31+,32+/m0/s1. The highest BCUT2D eigenvalue weighted by atomic mass is 79.9. The van der Waals surface area contributed by atoms with Gasteiger partial charge in [0, 0.05) is 11.8 Å². The monoisotopic (exact) mass is 646 g/mol. The molecule has 41 heavy (non-hydrogen) atoms. The van der Waals surface area contributed by atoms with E-state index in [0.29, 0.717) is 36.9 Å². The van der Waals surface area contributed by atoms with Gasteiger partial charge in [-0.25, -0.2) is 0 Å². The van der Waals surface area contributed by atoms with E-state index in [2.05, 4.69) is 43.6 Å². The van der Waals surface area contributed by atoms with Gasteiger partial charge in [-0.05, 0) is 120 Å². The van der Waals surface area contributed by atoms with Crippen molar-refractivity contribution in [2.45, 2.75) is 195 Å². The summed E-state index contributed by atoms with van der Waals surface area (Å²) < 4.78 is 31.8. The highest BCUT2D eigenvalue weighted by Crippen LogP contribution is 2.49. The lowest BCUT2D eigenvalue weighted by atomic mass is 9.75. The summed E-state index contributed by atoms with van der Waals surface area (Å²) in [5.41, 5.74) is -3.71. The molecule has 0 aromatic rings. The van der Waals surface area contributed by atoms with Crippen LogP contribution in [0.4, 0.5) is 0 Å². The molecule has 2 N–H and O–H groups in total. The van der Waals surface area contributed by atoms with Crippen molar-refractivity contribution in [3.63, 3.8) is 0 Å². The molecule has 8 nitrogen and oxygen atoms in total. The number of halogens is 1. The normalized spacial score (nSPS) is 43.6. The highest BCUT2D eigenvalue weighted by molar-refractivity contribution is 9.09. The molecule has 0 aromatic heterocycles. The smallest absolute Gasteiger partial charge is 0.303 e. The van der Waals surface area contributed by atoms with Crippen LogP contribution in [0.5, 0.6) is 0 Å². The molecular formula is C32H55BrO8. The summed E-state index contributed by atoms with van der Waals surface area (Å²) in [5.74, 6) is -0.348. The number of esters is 1. The first-order valence-corrected chi connectivity index (χ1v) is 16.6. The molecule has 4 aliphatic heterocycles. The maximum Gasteiger partial charge on any atom is 0.303 e. The van der Waals surface area contributed by atoms with Gasteiger partial charge in [0.05, 0.1) is 58.5 Å². The van der Waals surface area contributed by atoms with Gasteiger partial charge in [-0.3, -0.25) is 4.79 Å². The lowest BCUT2D eigenvalue weighted by Crippen LogP contribution is -2.63. The molecule has 0 bridgehead atoms. The molecule has 0 spiro atoms. The van der Waals surface area contributed by atoms with Gasteiger partial charge in [0.15, 0.2) is 0 Å². The molecule has 238 valence electrons. The Kier molecular flexibility index (Phi) is 9.48. The van der Waals surface area contributed by atoms with Gasteiger partial charge in [-0.1, -0.05) is 15.9 Å². The molecule has 0 amide bonds. The van der Waals surface area contributed by atoms with E-state index >= 15 is 0 Å². The number of alkyl halides is 1. The summed E-state index contributed by atoms with van der Waals surface area (Å²) >= 11 is 3.79. The number of ether oxygens (including phenoxy) is 5. The lowest BCUT2D eigenvalue weighted by molar-refractivity contribution is -0.301. The van der Waals surface area contributed by atoms with Crippen LogP contribution in [0, 0.1) is 0 Å². The van der Waals surface area contributed by atoms with Crippen LogP contribution in [-0.2, 0) is 28.5 Å². The minimum Gasteiger partial charge on any atom is -0.457 e. The van der Waals surface area contributed by atoms with Crippen molar-refractivity contribution in [1.29, 1.82) is 0 Å².